The number of tetrazole rings is 1. The van der Waals surface area contributed by atoms with Crippen LogP contribution in [0.5, 0.6) is 0 Å². The van der Waals surface area contributed by atoms with Crippen molar-refractivity contribution in [3.8, 4) is 0 Å². The molecule has 8 heteroatoms. The summed E-state index contributed by atoms with van der Waals surface area (Å²) in [5.41, 5.74) is 5.12. The monoisotopic (exact) mass is 270 g/mol. The predicted molar refractivity (Wildman–Crippen MR) is 62.7 cm³/mol. The average Bonchev–Trinajstić information content (AvgIpc) is 2.90. The lowest BCUT2D eigenvalue weighted by Gasteiger charge is -2.17. The Morgan fingerprint density at radius 3 is 3.17 bits per heavy atom. The predicted octanol–water partition coefficient (Wildman–Crippen LogP) is 1.16. The number of amides is 1. The van der Waals surface area contributed by atoms with Crippen LogP contribution >= 0.6 is 11.6 Å². The molecule has 0 spiro atoms. The minimum Gasteiger partial charge on any atom is -0.439 e. The normalized spacial score (nSPS) is 15.3. The molecule has 1 aromatic carbocycles. The van der Waals surface area contributed by atoms with Crippen LogP contribution in [-0.2, 0) is 11.2 Å². The van der Waals surface area contributed by atoms with E-state index in [9.17, 15) is 4.79 Å². The molecule has 0 saturated carbocycles. The number of hydrogen-bond acceptors (Lipinski definition) is 5. The van der Waals surface area contributed by atoms with Crippen molar-refractivity contribution in [3.05, 3.63) is 41.2 Å². The summed E-state index contributed by atoms with van der Waals surface area (Å²) in [6.07, 6.45) is -1.65. The van der Waals surface area contributed by atoms with Crippen molar-refractivity contribution in [1.29, 1.82) is 0 Å². The van der Waals surface area contributed by atoms with Crippen molar-refractivity contribution in [2.75, 3.05) is 0 Å². The van der Waals surface area contributed by atoms with Gasteiger partial charge in [0.2, 0.25) is 0 Å². The molecule has 94 valence electrons. The summed E-state index contributed by atoms with van der Waals surface area (Å²) in [6.45, 7) is -2.38. The molecule has 0 aliphatic carbocycles. The molecule has 0 aliphatic rings. The molecular formula is C10H10ClN5O2. The molecule has 2 rings (SSSR count). The van der Waals surface area contributed by atoms with Crippen LogP contribution in [-0.4, -0.2) is 26.3 Å². The van der Waals surface area contributed by atoms with Crippen LogP contribution in [0.25, 0.3) is 0 Å². The Morgan fingerprint density at radius 2 is 2.56 bits per heavy atom. The molecule has 1 heterocycles. The molecule has 0 fully saturated rings. The Morgan fingerprint density at radius 1 is 1.72 bits per heavy atom. The number of hydrogen-bond donors (Lipinski definition) is 1. The molecule has 0 radical (unpaired) electrons. The largest absolute Gasteiger partial charge is 0.439 e. The fourth-order valence-corrected chi connectivity index (χ4v) is 1.47. The summed E-state index contributed by atoms with van der Waals surface area (Å²) >= 11 is 5.99. The number of nitrogens with zero attached hydrogens (tertiary/aromatic N) is 4. The van der Waals surface area contributed by atoms with Crippen LogP contribution in [0.1, 0.15) is 15.8 Å². The van der Waals surface area contributed by atoms with Crippen LogP contribution in [0.15, 0.2) is 30.6 Å². The van der Waals surface area contributed by atoms with E-state index in [2.05, 4.69) is 15.4 Å². The molecule has 0 bridgehead atoms. The standard InChI is InChI=1S/C10H10ClN5O2/c11-8-4-2-1-3-7(8)9(18-10(12)17)5-16-14-6-13-15-16/h1-4,6,9H,5H2,(H2,12,17)/i2D,5D2. The molecular weight excluding hydrogens is 258 g/mol. The van der Waals surface area contributed by atoms with Gasteiger partial charge in [-0.1, -0.05) is 29.8 Å². The van der Waals surface area contributed by atoms with E-state index < -0.39 is 18.7 Å². The summed E-state index contributed by atoms with van der Waals surface area (Å²) in [7, 11) is 0. The summed E-state index contributed by atoms with van der Waals surface area (Å²) in [6, 6.07) is 4.16. The summed E-state index contributed by atoms with van der Waals surface area (Å²) < 4.78 is 28.4. The minimum atomic E-state index is -2.38. The lowest BCUT2D eigenvalue weighted by molar-refractivity contribution is 0.0901. The zero-order valence-corrected chi connectivity index (χ0v) is 9.70. The van der Waals surface area contributed by atoms with Gasteiger partial charge in [0.1, 0.15) is 6.50 Å². The van der Waals surface area contributed by atoms with Gasteiger partial charge < -0.3 is 10.5 Å². The lowest BCUT2D eigenvalue weighted by atomic mass is 10.1. The van der Waals surface area contributed by atoms with E-state index in [4.69, 9.17) is 26.2 Å². The van der Waals surface area contributed by atoms with E-state index in [1.54, 1.807) is 0 Å². The second kappa shape index (κ2) is 5.46. The van der Waals surface area contributed by atoms with Gasteiger partial charge in [-0.2, -0.15) is 4.80 Å². The molecule has 7 nitrogen and oxygen atoms in total. The topological polar surface area (TPSA) is 95.9 Å². The lowest BCUT2D eigenvalue weighted by Crippen LogP contribution is -2.22. The van der Waals surface area contributed by atoms with Gasteiger partial charge in [0.25, 0.3) is 0 Å². The highest BCUT2D eigenvalue weighted by Crippen LogP contribution is 2.26. The highest BCUT2D eigenvalue weighted by atomic mass is 35.5. The first kappa shape index (κ1) is 8.87. The van der Waals surface area contributed by atoms with Crippen molar-refractivity contribution in [1.82, 2.24) is 20.2 Å². The van der Waals surface area contributed by atoms with Gasteiger partial charge in [-0.3, -0.25) is 0 Å². The van der Waals surface area contributed by atoms with E-state index in [-0.39, 0.29) is 16.6 Å². The van der Waals surface area contributed by atoms with Crippen molar-refractivity contribution in [2.45, 2.75) is 12.6 Å². The van der Waals surface area contributed by atoms with Gasteiger partial charge >= 0.3 is 6.09 Å². The Kier molecular flexibility index (Phi) is 2.69. The van der Waals surface area contributed by atoms with Crippen LogP contribution in [0, 0.1) is 0 Å². The number of aromatic nitrogens is 4. The molecule has 1 atom stereocenters. The van der Waals surface area contributed by atoms with E-state index in [1.807, 2.05) is 0 Å². The molecule has 1 unspecified atom stereocenters. The highest BCUT2D eigenvalue weighted by Gasteiger charge is 2.19. The van der Waals surface area contributed by atoms with Crippen LogP contribution in [0.4, 0.5) is 4.79 Å². The Hall–Kier alpha value is -2.15. The second-order valence-corrected chi connectivity index (χ2v) is 3.53. The number of nitrogens with two attached hydrogens (primary N) is 1. The Balaban J connectivity index is 2.50. The summed E-state index contributed by atoms with van der Waals surface area (Å²) in [4.78, 5) is 11.7. The first-order chi connectivity index (χ1) is 9.82. The Bertz CT molecular complexity index is 652. The van der Waals surface area contributed by atoms with Gasteiger partial charge in [-0.15, -0.1) is 10.2 Å². The zero-order chi connectivity index (χ0) is 15.6. The fraction of sp³-hybridized carbons (Fsp3) is 0.200. The second-order valence-electron chi connectivity index (χ2n) is 3.12. The molecule has 2 N–H and O–H groups in total. The number of primary amides is 1. The SMILES string of the molecule is [2H]c1ccc(C(OC(N)=O)C([2H])([2H])n2ncnn2)c(Cl)c1. The molecule has 0 aliphatic heterocycles. The zero-order valence-electron chi connectivity index (χ0n) is 11.9. The summed E-state index contributed by atoms with van der Waals surface area (Å²) in [5.74, 6) is 0. The van der Waals surface area contributed by atoms with Gasteiger partial charge in [0.15, 0.2) is 12.4 Å². The van der Waals surface area contributed by atoms with Gasteiger partial charge in [0, 0.05) is 10.6 Å². The number of carbonyl (C=O) groups is 1. The summed E-state index contributed by atoms with van der Waals surface area (Å²) in [5, 5.41) is 10.5. The number of carbonyl (C=O) groups excluding carboxylic acids is 1. The third kappa shape index (κ3) is 2.95. The van der Waals surface area contributed by atoms with Crippen LogP contribution in [0.3, 0.4) is 0 Å². The van der Waals surface area contributed by atoms with Crippen molar-refractivity contribution >= 4 is 17.7 Å². The quantitative estimate of drug-likeness (QED) is 0.899. The van der Waals surface area contributed by atoms with E-state index >= 15 is 0 Å². The molecule has 18 heavy (non-hydrogen) atoms. The molecule has 0 saturated heterocycles. The van der Waals surface area contributed by atoms with Crippen LogP contribution in [0.2, 0.25) is 5.02 Å². The number of rotatable bonds is 4. The van der Waals surface area contributed by atoms with Gasteiger partial charge in [-0.05, 0) is 11.3 Å². The first-order valence-electron chi connectivity index (χ1n) is 6.28. The molecule has 1 amide bonds. The van der Waals surface area contributed by atoms with Crippen molar-refractivity contribution < 1.29 is 13.6 Å². The first-order valence-corrected chi connectivity index (χ1v) is 5.15. The van der Waals surface area contributed by atoms with Crippen LogP contribution < -0.4 is 5.73 Å². The third-order valence-electron chi connectivity index (χ3n) is 1.94. The van der Waals surface area contributed by atoms with Gasteiger partial charge in [-0.25, -0.2) is 4.79 Å². The van der Waals surface area contributed by atoms with E-state index in [1.165, 1.54) is 18.2 Å². The average molecular weight is 271 g/mol. The van der Waals surface area contributed by atoms with Gasteiger partial charge in [0.05, 0.1) is 4.11 Å². The number of benzene rings is 1. The minimum absolute atomic E-state index is 0.0535. The fourth-order valence-electron chi connectivity index (χ4n) is 1.24. The maximum Gasteiger partial charge on any atom is 0.405 e. The van der Waals surface area contributed by atoms with E-state index in [0.29, 0.717) is 4.80 Å². The highest BCUT2D eigenvalue weighted by molar-refractivity contribution is 6.31. The molecule has 1 aromatic heterocycles. The Labute approximate surface area is 112 Å². The molecule has 2 aromatic rings. The smallest absolute Gasteiger partial charge is 0.405 e. The number of halogens is 1. The maximum absolute atomic E-state index is 11.1. The van der Waals surface area contributed by atoms with Crippen molar-refractivity contribution in [2.24, 2.45) is 5.73 Å². The third-order valence-corrected chi connectivity index (χ3v) is 2.27. The van der Waals surface area contributed by atoms with E-state index in [0.717, 1.165) is 6.33 Å². The number of ether oxygens (including phenoxy) is 1. The van der Waals surface area contributed by atoms with Crippen molar-refractivity contribution in [3.63, 3.8) is 0 Å². The maximum atomic E-state index is 11.1.